The Kier molecular flexibility index (Phi) is 11.8. The van der Waals surface area contributed by atoms with Crippen molar-refractivity contribution < 1.29 is 4.74 Å². The van der Waals surface area contributed by atoms with Crippen molar-refractivity contribution in [3.8, 4) is 0 Å². The van der Waals surface area contributed by atoms with Gasteiger partial charge in [0.15, 0.2) is 10.2 Å². The minimum Gasteiger partial charge on any atom is -0.480 e. The fraction of sp³-hybridized carbons (Fsp3) is 0.333. The third-order valence-electron chi connectivity index (χ3n) is 4.58. The normalized spacial score (nSPS) is 11.8. The van der Waals surface area contributed by atoms with E-state index in [4.69, 9.17) is 29.2 Å². The first-order valence-electron chi connectivity index (χ1n) is 10.8. The second kappa shape index (κ2) is 14.3. The van der Waals surface area contributed by atoms with Gasteiger partial charge in [0.25, 0.3) is 0 Å². The fourth-order valence-corrected chi connectivity index (χ4v) is 5.14. The third kappa shape index (κ3) is 8.68. The summed E-state index contributed by atoms with van der Waals surface area (Å²) in [5.74, 6) is 0.655. The Bertz CT molecular complexity index is 1090. The summed E-state index contributed by atoms with van der Waals surface area (Å²) in [4.78, 5) is 5.70. The number of ether oxygens (including phenoxy) is 1. The van der Waals surface area contributed by atoms with Crippen molar-refractivity contribution in [1.82, 2.24) is 20.7 Å². The molecule has 0 heterocycles. The van der Waals surface area contributed by atoms with Gasteiger partial charge in [-0.1, -0.05) is 65.8 Å². The van der Waals surface area contributed by atoms with E-state index in [0.717, 1.165) is 26.6 Å². The Hall–Kier alpha value is -2.34. The average molecular weight is 549 g/mol. The van der Waals surface area contributed by atoms with Crippen LogP contribution in [0.3, 0.4) is 0 Å². The molecule has 0 aliphatic heterocycles. The van der Waals surface area contributed by atoms with Gasteiger partial charge in [0.2, 0.25) is 5.90 Å². The first-order chi connectivity index (χ1) is 16.6. The lowest BCUT2D eigenvalue weighted by Gasteiger charge is -2.17. The highest BCUT2D eigenvalue weighted by Crippen LogP contribution is 2.41. The van der Waals surface area contributed by atoms with Gasteiger partial charge >= 0.3 is 0 Å². The Morgan fingerprint density at radius 2 is 1.26 bits per heavy atom. The zero-order valence-corrected chi connectivity index (χ0v) is 24.3. The molecule has 0 aliphatic rings. The molecule has 0 bridgehead atoms. The maximum atomic E-state index is 5.57. The number of nitrogens with one attached hydrogen (secondary N) is 2. The van der Waals surface area contributed by atoms with E-state index in [0.29, 0.717) is 16.1 Å². The molecule has 0 aromatic heterocycles. The fourth-order valence-electron chi connectivity index (χ4n) is 2.68. The molecule has 0 spiro atoms. The van der Waals surface area contributed by atoms with Crippen LogP contribution in [0.15, 0.2) is 68.5 Å². The predicted molar refractivity (Wildman–Crippen MR) is 158 cm³/mol. The molecule has 0 fully saturated rings. The summed E-state index contributed by atoms with van der Waals surface area (Å²) in [5.41, 5.74) is 8.74. The van der Waals surface area contributed by atoms with Crippen LogP contribution in [0.4, 0.5) is 0 Å². The van der Waals surface area contributed by atoms with Crippen LogP contribution in [0, 0.1) is 5.92 Å². The minimum atomic E-state index is 0.199. The van der Waals surface area contributed by atoms with Crippen molar-refractivity contribution in [2.75, 3.05) is 35.3 Å². The maximum absolute atomic E-state index is 5.57. The molecule has 2 N–H and O–H groups in total. The van der Waals surface area contributed by atoms with Crippen LogP contribution in [-0.4, -0.2) is 66.9 Å². The number of thiocarbonyl (C=S) groups is 2. The molecular formula is C24H32N6OS4. The smallest absolute Gasteiger partial charge is 0.239 e. The lowest BCUT2D eigenvalue weighted by atomic mass is 10.0. The van der Waals surface area contributed by atoms with Gasteiger partial charge in [-0.2, -0.15) is 5.10 Å². The van der Waals surface area contributed by atoms with Crippen LogP contribution in [0.2, 0.25) is 0 Å². The maximum Gasteiger partial charge on any atom is 0.239 e. The number of hydrogen-bond acceptors (Lipinski definition) is 7. The van der Waals surface area contributed by atoms with Crippen LogP contribution in [0.5, 0.6) is 0 Å². The van der Waals surface area contributed by atoms with Crippen LogP contribution in [0.25, 0.3) is 0 Å². The summed E-state index contributed by atoms with van der Waals surface area (Å²) < 4.78 is 5.57. The molecule has 0 aliphatic carbocycles. The zero-order valence-electron chi connectivity index (χ0n) is 21.0. The second-order valence-corrected chi connectivity index (χ2v) is 11.0. The van der Waals surface area contributed by atoms with Crippen molar-refractivity contribution in [3.63, 3.8) is 0 Å². The first kappa shape index (κ1) is 28.9. The van der Waals surface area contributed by atoms with Crippen molar-refractivity contribution in [1.29, 1.82) is 0 Å². The lowest BCUT2D eigenvalue weighted by Crippen LogP contribution is -2.32. The summed E-state index contributed by atoms with van der Waals surface area (Å²) in [6, 6.07) is 16.2. The van der Waals surface area contributed by atoms with E-state index in [9.17, 15) is 0 Å². The number of benzene rings is 2. The molecule has 11 heteroatoms. The quantitative estimate of drug-likeness (QED) is 0.156. The van der Waals surface area contributed by atoms with Gasteiger partial charge in [0.05, 0.1) is 18.4 Å². The summed E-state index contributed by atoms with van der Waals surface area (Å²) >= 11 is 10.6. The molecule has 188 valence electrons. The largest absolute Gasteiger partial charge is 0.480 e. The molecule has 0 saturated heterocycles. The van der Waals surface area contributed by atoms with Gasteiger partial charge in [0.1, 0.15) is 0 Å². The number of nitrogens with zero attached hydrogens (tertiary/aromatic N) is 4. The summed E-state index contributed by atoms with van der Waals surface area (Å²) in [6.45, 7) is 4.24. The highest BCUT2D eigenvalue weighted by Gasteiger charge is 2.16. The monoisotopic (exact) mass is 548 g/mol. The number of hydrazone groups is 2. The standard InChI is InChI=1S/C24H32N6OS4/c1-16(2)21(25-27-23(32)29(3)4)17-12-8-10-14-19(17)34-35-20-15-11-9-13-18(20)22(31-7)26-28-24(33)30(5)6/h8-16H,1-7H3,(H,27,32)(H,28,33)/b25-21+,26-22-. The Balaban J connectivity index is 2.32. The van der Waals surface area contributed by atoms with E-state index < -0.39 is 0 Å². The summed E-state index contributed by atoms with van der Waals surface area (Å²) in [7, 11) is 12.4. The molecule has 2 aromatic rings. The van der Waals surface area contributed by atoms with Crippen molar-refractivity contribution >= 4 is 67.9 Å². The lowest BCUT2D eigenvalue weighted by molar-refractivity contribution is 0.400. The molecule has 2 aromatic carbocycles. The predicted octanol–water partition coefficient (Wildman–Crippen LogP) is 5.03. The summed E-state index contributed by atoms with van der Waals surface area (Å²) in [6.07, 6.45) is 0. The van der Waals surface area contributed by atoms with Gasteiger partial charge in [-0.15, -0.1) is 5.10 Å². The van der Waals surface area contributed by atoms with Gasteiger partial charge < -0.3 is 14.5 Å². The van der Waals surface area contributed by atoms with Crippen LogP contribution >= 0.6 is 46.0 Å². The van der Waals surface area contributed by atoms with E-state index in [2.05, 4.69) is 47.0 Å². The third-order valence-corrected chi connectivity index (χ3v) is 7.97. The molecule has 0 unspecified atom stereocenters. The van der Waals surface area contributed by atoms with Gasteiger partial charge in [-0.05, 0) is 48.6 Å². The van der Waals surface area contributed by atoms with Crippen molar-refractivity contribution in [2.45, 2.75) is 23.6 Å². The highest BCUT2D eigenvalue weighted by molar-refractivity contribution is 8.76. The Morgan fingerprint density at radius 1 is 0.800 bits per heavy atom. The average Bonchev–Trinajstić information content (AvgIpc) is 2.83. The zero-order chi connectivity index (χ0) is 26.0. The van der Waals surface area contributed by atoms with E-state index >= 15 is 0 Å². The van der Waals surface area contributed by atoms with E-state index in [1.807, 2.05) is 69.5 Å². The van der Waals surface area contributed by atoms with Gasteiger partial charge in [-0.25, -0.2) is 0 Å². The van der Waals surface area contributed by atoms with Crippen LogP contribution < -0.4 is 10.9 Å². The Morgan fingerprint density at radius 3 is 1.74 bits per heavy atom. The molecular weight excluding hydrogens is 517 g/mol. The van der Waals surface area contributed by atoms with Crippen molar-refractivity contribution in [2.24, 2.45) is 16.1 Å². The van der Waals surface area contributed by atoms with E-state index in [1.165, 1.54) is 0 Å². The van der Waals surface area contributed by atoms with Gasteiger partial charge in [0, 0.05) is 43.5 Å². The van der Waals surface area contributed by atoms with E-state index in [-0.39, 0.29) is 5.92 Å². The molecule has 35 heavy (non-hydrogen) atoms. The molecule has 0 atom stereocenters. The Labute approximate surface area is 227 Å². The first-order valence-corrected chi connectivity index (χ1v) is 13.8. The second-order valence-electron chi connectivity index (χ2n) is 8.05. The van der Waals surface area contributed by atoms with Gasteiger partial charge in [-0.3, -0.25) is 10.9 Å². The number of hydrogen-bond donors (Lipinski definition) is 2. The number of rotatable bonds is 8. The SMILES string of the molecule is CO/C(=N\NC(=S)N(C)C)c1ccccc1SSc1ccccc1/C(=N/NC(=S)N(C)C)C(C)C. The minimum absolute atomic E-state index is 0.199. The van der Waals surface area contributed by atoms with Crippen molar-refractivity contribution in [3.05, 3.63) is 59.7 Å². The van der Waals surface area contributed by atoms with E-state index in [1.54, 1.807) is 33.6 Å². The molecule has 0 amide bonds. The van der Waals surface area contributed by atoms with Crippen LogP contribution in [0.1, 0.15) is 25.0 Å². The number of methoxy groups -OCH3 is 1. The molecule has 2 rings (SSSR count). The summed E-state index contributed by atoms with van der Waals surface area (Å²) in [5, 5.41) is 10.1. The van der Waals surface area contributed by atoms with Crippen LogP contribution in [-0.2, 0) is 4.74 Å². The topological polar surface area (TPSA) is 64.5 Å². The molecule has 7 nitrogen and oxygen atoms in total. The highest BCUT2D eigenvalue weighted by atomic mass is 33.1. The molecule has 0 saturated carbocycles. The molecule has 0 radical (unpaired) electrons.